The number of piperidine rings is 1. The number of carbonyl (C=O) groups is 2. The lowest BCUT2D eigenvalue weighted by molar-refractivity contribution is -0.146. The predicted octanol–water partition coefficient (Wildman–Crippen LogP) is 5.12. The molecule has 2 aliphatic rings. The second-order valence-corrected chi connectivity index (χ2v) is 10.3. The van der Waals surface area contributed by atoms with E-state index in [4.69, 9.17) is 25.9 Å². The molecule has 43 heavy (non-hydrogen) atoms. The predicted molar refractivity (Wildman–Crippen MR) is 144 cm³/mol. The number of fused-ring (bicyclic) bond motifs is 3. The number of aromatic nitrogens is 3. The van der Waals surface area contributed by atoms with Crippen LogP contribution in [0.4, 0.5) is 18.9 Å². The summed E-state index contributed by atoms with van der Waals surface area (Å²) in [6.07, 6.45) is -6.63. The number of alkyl halides is 3. The molecule has 1 amide bonds. The lowest BCUT2D eigenvalue weighted by Crippen LogP contribution is -2.39. The third-order valence-corrected chi connectivity index (χ3v) is 7.70. The van der Waals surface area contributed by atoms with Crippen molar-refractivity contribution >= 4 is 17.6 Å². The first-order valence-electron chi connectivity index (χ1n) is 13.5. The SMILES string of the molecule is [C-]#[N+]c1ccc2c(c1)[C@@H](c1cccc(OC)c1OC)O[C@H](CC(=O)N1CCC(CC(=O)O)CC1)c1nnc(C(F)(F)F)n1-2. The van der Waals surface area contributed by atoms with E-state index >= 15 is 0 Å². The molecular weight excluding hydrogens is 571 g/mol. The van der Waals surface area contributed by atoms with Crippen LogP contribution >= 0.6 is 0 Å². The van der Waals surface area contributed by atoms with Crippen molar-refractivity contribution in [1.82, 2.24) is 19.7 Å². The van der Waals surface area contributed by atoms with Crippen molar-refractivity contribution in [2.24, 2.45) is 5.92 Å². The van der Waals surface area contributed by atoms with E-state index in [-0.39, 0.29) is 53.2 Å². The summed E-state index contributed by atoms with van der Waals surface area (Å²) in [4.78, 5) is 29.7. The van der Waals surface area contributed by atoms with E-state index in [1.807, 2.05) is 0 Å². The zero-order valence-electron chi connectivity index (χ0n) is 23.3. The number of benzene rings is 2. The van der Waals surface area contributed by atoms with E-state index in [9.17, 15) is 22.8 Å². The van der Waals surface area contributed by atoms with Crippen molar-refractivity contribution < 1.29 is 42.1 Å². The summed E-state index contributed by atoms with van der Waals surface area (Å²) in [5, 5.41) is 16.4. The summed E-state index contributed by atoms with van der Waals surface area (Å²) < 4.78 is 61.2. The number of likely N-dealkylation sites (tertiary alicyclic amines) is 1. The second kappa shape index (κ2) is 11.9. The molecule has 2 aliphatic heterocycles. The number of aliphatic carboxylic acids is 1. The van der Waals surface area contributed by atoms with E-state index < -0.39 is 30.2 Å². The standard InChI is InChI=1S/C29H28F3N5O6/c1-33-17-7-8-20-19(14-17)25(18-5-4-6-21(41-2)26(18)42-3)43-22(27-34-35-28(37(20)27)29(30,31)32)15-23(38)36-11-9-16(10-12-36)13-24(39)40/h4-8,14,16,22,25H,9-13,15H2,2-3H3,(H,39,40)/t22-,25-/m1/s1. The number of para-hydroxylation sites is 1. The molecule has 3 heterocycles. The van der Waals surface area contributed by atoms with Crippen LogP contribution in [0.2, 0.25) is 0 Å². The Kier molecular flexibility index (Phi) is 8.27. The van der Waals surface area contributed by atoms with Crippen molar-refractivity contribution in [2.75, 3.05) is 27.3 Å². The maximum Gasteiger partial charge on any atom is 0.452 e. The van der Waals surface area contributed by atoms with Crippen LogP contribution in [-0.4, -0.2) is 64.0 Å². The monoisotopic (exact) mass is 599 g/mol. The fourth-order valence-corrected chi connectivity index (χ4v) is 5.67. The van der Waals surface area contributed by atoms with Crippen molar-refractivity contribution in [3.8, 4) is 17.2 Å². The molecule has 1 fully saturated rings. The number of carbonyl (C=O) groups excluding carboxylic acids is 1. The molecule has 11 nitrogen and oxygen atoms in total. The average Bonchev–Trinajstić information content (AvgIpc) is 3.39. The number of methoxy groups -OCH3 is 2. The molecule has 2 atom stereocenters. The van der Waals surface area contributed by atoms with Crippen LogP contribution in [0.15, 0.2) is 36.4 Å². The van der Waals surface area contributed by atoms with Gasteiger partial charge in [0.2, 0.25) is 11.7 Å². The molecule has 5 rings (SSSR count). The van der Waals surface area contributed by atoms with Crippen LogP contribution in [0, 0.1) is 12.5 Å². The van der Waals surface area contributed by atoms with Gasteiger partial charge in [-0.05, 0) is 42.5 Å². The Hall–Kier alpha value is -4.64. The second-order valence-electron chi connectivity index (χ2n) is 10.3. The molecule has 0 unspecified atom stereocenters. The van der Waals surface area contributed by atoms with E-state index in [2.05, 4.69) is 15.0 Å². The molecule has 2 aromatic carbocycles. The van der Waals surface area contributed by atoms with Crippen LogP contribution in [0.25, 0.3) is 10.5 Å². The number of hydrogen-bond acceptors (Lipinski definition) is 7. The van der Waals surface area contributed by atoms with E-state index in [0.717, 1.165) is 4.57 Å². The first kappa shape index (κ1) is 29.8. The normalized spacial score (nSPS) is 18.7. The zero-order valence-corrected chi connectivity index (χ0v) is 23.3. The van der Waals surface area contributed by atoms with Crippen LogP contribution < -0.4 is 9.47 Å². The Morgan fingerprint density at radius 3 is 2.47 bits per heavy atom. The van der Waals surface area contributed by atoms with Gasteiger partial charge in [0.05, 0.1) is 32.9 Å². The smallest absolute Gasteiger partial charge is 0.452 e. The van der Waals surface area contributed by atoms with Gasteiger partial charge in [-0.3, -0.25) is 14.2 Å². The minimum absolute atomic E-state index is 0.00595. The molecule has 0 bridgehead atoms. The molecule has 14 heteroatoms. The van der Waals surface area contributed by atoms with Gasteiger partial charge in [-0.25, -0.2) is 4.85 Å². The molecule has 0 aliphatic carbocycles. The van der Waals surface area contributed by atoms with E-state index in [1.165, 1.54) is 32.4 Å². The summed E-state index contributed by atoms with van der Waals surface area (Å²) >= 11 is 0. The minimum atomic E-state index is -4.89. The quantitative estimate of drug-likeness (QED) is 0.372. The Morgan fingerprint density at radius 2 is 1.84 bits per heavy atom. The van der Waals surface area contributed by atoms with Crippen molar-refractivity contribution in [3.05, 3.63) is 70.6 Å². The van der Waals surface area contributed by atoms with Gasteiger partial charge in [-0.2, -0.15) is 13.2 Å². The highest BCUT2D eigenvalue weighted by Crippen LogP contribution is 2.47. The number of carboxylic acids is 1. The fraction of sp³-hybridized carbons (Fsp3) is 0.414. The van der Waals surface area contributed by atoms with Gasteiger partial charge in [-0.1, -0.05) is 18.2 Å². The first-order chi connectivity index (χ1) is 20.5. The molecule has 3 aromatic rings. The third kappa shape index (κ3) is 5.85. The van der Waals surface area contributed by atoms with Crippen molar-refractivity contribution in [1.29, 1.82) is 0 Å². The summed E-state index contributed by atoms with van der Waals surface area (Å²) in [6, 6.07) is 9.21. The van der Waals surface area contributed by atoms with Gasteiger partial charge >= 0.3 is 12.1 Å². The summed E-state index contributed by atoms with van der Waals surface area (Å²) in [7, 11) is 2.86. The van der Waals surface area contributed by atoms with E-state index in [0.29, 0.717) is 37.2 Å². The number of halogens is 3. The average molecular weight is 600 g/mol. The number of rotatable bonds is 7. The largest absolute Gasteiger partial charge is 0.493 e. The molecule has 1 aromatic heterocycles. The van der Waals surface area contributed by atoms with Crippen LogP contribution in [-0.2, 0) is 20.5 Å². The topological polar surface area (TPSA) is 120 Å². The molecule has 1 N–H and O–H groups in total. The summed E-state index contributed by atoms with van der Waals surface area (Å²) in [5.41, 5.74) is 0.829. The highest BCUT2D eigenvalue weighted by Gasteiger charge is 2.44. The molecule has 0 spiro atoms. The Bertz CT molecular complexity index is 1580. The van der Waals surface area contributed by atoms with Crippen molar-refractivity contribution in [3.63, 3.8) is 0 Å². The number of amides is 1. The van der Waals surface area contributed by atoms with Crippen LogP contribution in [0.5, 0.6) is 11.5 Å². The fourth-order valence-electron chi connectivity index (χ4n) is 5.67. The molecule has 226 valence electrons. The van der Waals surface area contributed by atoms with E-state index in [1.54, 1.807) is 23.1 Å². The third-order valence-electron chi connectivity index (χ3n) is 7.70. The summed E-state index contributed by atoms with van der Waals surface area (Å²) in [5.74, 6) is -2.25. The Labute approximate surface area is 244 Å². The van der Waals surface area contributed by atoms with Crippen molar-refractivity contribution in [2.45, 2.75) is 44.1 Å². The maximum atomic E-state index is 14.3. The Balaban J connectivity index is 1.61. The number of carboxylic acid groups (broad SMARTS) is 1. The first-order valence-corrected chi connectivity index (χ1v) is 13.5. The maximum absolute atomic E-state index is 14.3. The molecule has 1 saturated heterocycles. The van der Waals surface area contributed by atoms with Gasteiger partial charge in [-0.15, -0.1) is 10.2 Å². The lowest BCUT2D eigenvalue weighted by Gasteiger charge is -2.32. The molecule has 0 radical (unpaired) electrons. The zero-order chi connectivity index (χ0) is 30.9. The van der Waals surface area contributed by atoms with Gasteiger partial charge in [0.25, 0.3) is 0 Å². The van der Waals surface area contributed by atoms with Crippen LogP contribution in [0.1, 0.15) is 60.7 Å². The van der Waals surface area contributed by atoms with Gasteiger partial charge in [0.1, 0.15) is 12.2 Å². The number of nitrogens with zero attached hydrogens (tertiary/aromatic N) is 5. The lowest BCUT2D eigenvalue weighted by atomic mass is 9.93. The van der Waals surface area contributed by atoms with Gasteiger partial charge in [0.15, 0.2) is 23.0 Å². The highest BCUT2D eigenvalue weighted by atomic mass is 19.4. The molecular formula is C29H28F3N5O6. The molecule has 0 saturated carbocycles. The summed E-state index contributed by atoms with van der Waals surface area (Å²) in [6.45, 7) is 8.15. The minimum Gasteiger partial charge on any atom is -0.493 e. The van der Waals surface area contributed by atoms with Gasteiger partial charge < -0.3 is 24.2 Å². The van der Waals surface area contributed by atoms with Gasteiger partial charge in [0, 0.05) is 25.1 Å². The highest BCUT2D eigenvalue weighted by molar-refractivity contribution is 5.77. The van der Waals surface area contributed by atoms with Crippen LogP contribution in [0.3, 0.4) is 0 Å². The Morgan fingerprint density at radius 1 is 1.09 bits per heavy atom. The number of hydrogen-bond donors (Lipinski definition) is 1. The number of ether oxygens (including phenoxy) is 3.